The van der Waals surface area contributed by atoms with Crippen molar-refractivity contribution in [3.05, 3.63) is 23.8 Å². The SMILES string of the molecule is Cc1cnc(C(=O)OCC(=O)N[C@@H](C)C23CC4CC(CC(C4)C2)C3)cn1. The van der Waals surface area contributed by atoms with Gasteiger partial charge in [0.2, 0.25) is 0 Å². The molecular formula is C20H27N3O3. The molecule has 4 saturated carbocycles. The predicted octanol–water partition coefficient (Wildman–Crippen LogP) is 2.66. The highest BCUT2D eigenvalue weighted by atomic mass is 16.5. The molecule has 1 heterocycles. The number of rotatable bonds is 5. The quantitative estimate of drug-likeness (QED) is 0.820. The molecule has 140 valence electrons. The molecule has 5 rings (SSSR count). The lowest BCUT2D eigenvalue weighted by atomic mass is 9.48. The standard InChI is InChI=1S/C20H27N3O3/c1-12-9-22-17(10-21-12)19(25)26-11-18(24)23-13(2)20-6-14-3-15(7-20)5-16(4-14)8-20/h9-10,13-16H,3-8,11H2,1-2H3,(H,23,24)/t13-,14?,15?,16?,20?/m0/s1. The van der Waals surface area contributed by atoms with Gasteiger partial charge in [-0.05, 0) is 75.5 Å². The van der Waals surface area contributed by atoms with E-state index in [9.17, 15) is 9.59 Å². The molecule has 4 aliphatic rings. The summed E-state index contributed by atoms with van der Waals surface area (Å²) in [5.41, 5.74) is 1.10. The van der Waals surface area contributed by atoms with Crippen LogP contribution in [0, 0.1) is 30.1 Å². The molecule has 4 fully saturated rings. The Labute approximate surface area is 154 Å². The number of nitrogens with one attached hydrogen (secondary N) is 1. The maximum Gasteiger partial charge on any atom is 0.359 e. The van der Waals surface area contributed by atoms with Crippen LogP contribution in [0.15, 0.2) is 12.4 Å². The fraction of sp³-hybridized carbons (Fsp3) is 0.700. The van der Waals surface area contributed by atoms with Crippen LogP contribution in [-0.2, 0) is 9.53 Å². The average Bonchev–Trinajstić information content (AvgIpc) is 2.59. The zero-order chi connectivity index (χ0) is 18.3. The summed E-state index contributed by atoms with van der Waals surface area (Å²) in [6.07, 6.45) is 10.7. The van der Waals surface area contributed by atoms with Crippen LogP contribution < -0.4 is 5.32 Å². The number of amides is 1. The lowest BCUT2D eigenvalue weighted by molar-refractivity contribution is -0.128. The molecule has 1 atom stereocenters. The van der Waals surface area contributed by atoms with Gasteiger partial charge in [0.15, 0.2) is 12.3 Å². The molecule has 6 heteroatoms. The van der Waals surface area contributed by atoms with E-state index in [2.05, 4.69) is 22.2 Å². The maximum atomic E-state index is 12.3. The van der Waals surface area contributed by atoms with E-state index in [1.807, 2.05) is 0 Å². The van der Waals surface area contributed by atoms with Gasteiger partial charge in [-0.3, -0.25) is 9.78 Å². The molecule has 6 nitrogen and oxygen atoms in total. The van der Waals surface area contributed by atoms with Gasteiger partial charge in [0.25, 0.3) is 5.91 Å². The summed E-state index contributed by atoms with van der Waals surface area (Å²) in [5, 5.41) is 3.10. The third-order valence-corrected chi connectivity index (χ3v) is 6.71. The van der Waals surface area contributed by atoms with Crippen LogP contribution in [0.1, 0.15) is 61.6 Å². The molecule has 1 amide bonds. The number of esters is 1. The molecule has 1 N–H and O–H groups in total. The lowest BCUT2D eigenvalue weighted by Crippen LogP contribution is -2.56. The Morgan fingerprint density at radius 2 is 1.77 bits per heavy atom. The minimum Gasteiger partial charge on any atom is -0.451 e. The molecule has 4 aliphatic carbocycles. The van der Waals surface area contributed by atoms with Gasteiger partial charge in [-0.2, -0.15) is 0 Å². The molecule has 0 radical (unpaired) electrons. The molecular weight excluding hydrogens is 330 g/mol. The van der Waals surface area contributed by atoms with Crippen molar-refractivity contribution >= 4 is 11.9 Å². The van der Waals surface area contributed by atoms with Gasteiger partial charge in [0, 0.05) is 12.2 Å². The molecule has 0 saturated heterocycles. The van der Waals surface area contributed by atoms with E-state index in [-0.39, 0.29) is 29.7 Å². The second-order valence-electron chi connectivity index (χ2n) is 8.69. The van der Waals surface area contributed by atoms with Crippen molar-refractivity contribution in [2.45, 2.75) is 58.4 Å². The smallest absolute Gasteiger partial charge is 0.359 e. The first kappa shape index (κ1) is 17.4. The van der Waals surface area contributed by atoms with Gasteiger partial charge >= 0.3 is 5.97 Å². The van der Waals surface area contributed by atoms with Crippen LogP contribution in [0.4, 0.5) is 0 Å². The molecule has 26 heavy (non-hydrogen) atoms. The average molecular weight is 357 g/mol. The van der Waals surface area contributed by atoms with E-state index in [4.69, 9.17) is 4.74 Å². The van der Waals surface area contributed by atoms with Crippen LogP contribution in [-0.4, -0.2) is 34.5 Å². The van der Waals surface area contributed by atoms with E-state index < -0.39 is 5.97 Å². The Hall–Kier alpha value is -1.98. The molecule has 1 aromatic rings. The number of aromatic nitrogens is 2. The Kier molecular flexibility index (Phi) is 4.45. The van der Waals surface area contributed by atoms with Crippen molar-refractivity contribution in [1.82, 2.24) is 15.3 Å². The first-order valence-electron chi connectivity index (χ1n) is 9.69. The number of nitrogens with zero attached hydrogens (tertiary/aromatic N) is 2. The van der Waals surface area contributed by atoms with E-state index >= 15 is 0 Å². The lowest BCUT2D eigenvalue weighted by Gasteiger charge is -2.59. The van der Waals surface area contributed by atoms with Crippen LogP contribution in [0.25, 0.3) is 0 Å². The molecule has 0 aliphatic heterocycles. The minimum atomic E-state index is -0.616. The Morgan fingerprint density at radius 1 is 1.15 bits per heavy atom. The Morgan fingerprint density at radius 3 is 2.31 bits per heavy atom. The van der Waals surface area contributed by atoms with Gasteiger partial charge in [-0.25, -0.2) is 9.78 Å². The van der Waals surface area contributed by atoms with Gasteiger partial charge in [0.1, 0.15) is 0 Å². The molecule has 0 spiro atoms. The van der Waals surface area contributed by atoms with Crippen molar-refractivity contribution in [1.29, 1.82) is 0 Å². The number of aryl methyl sites for hydroxylation is 1. The normalized spacial score (nSPS) is 32.9. The second-order valence-corrected chi connectivity index (χ2v) is 8.69. The fourth-order valence-electron chi connectivity index (χ4n) is 5.85. The predicted molar refractivity (Wildman–Crippen MR) is 95.3 cm³/mol. The topological polar surface area (TPSA) is 81.2 Å². The highest BCUT2D eigenvalue weighted by molar-refractivity contribution is 5.89. The summed E-state index contributed by atoms with van der Waals surface area (Å²) >= 11 is 0. The zero-order valence-corrected chi connectivity index (χ0v) is 15.5. The molecule has 0 aromatic carbocycles. The maximum absolute atomic E-state index is 12.3. The van der Waals surface area contributed by atoms with E-state index in [1.165, 1.54) is 50.9 Å². The Balaban J connectivity index is 1.31. The van der Waals surface area contributed by atoms with Crippen molar-refractivity contribution in [3.8, 4) is 0 Å². The molecule has 0 unspecified atom stereocenters. The van der Waals surface area contributed by atoms with Gasteiger partial charge in [-0.1, -0.05) is 0 Å². The van der Waals surface area contributed by atoms with E-state index in [1.54, 1.807) is 6.92 Å². The highest BCUT2D eigenvalue weighted by Gasteiger charge is 2.53. The first-order valence-corrected chi connectivity index (χ1v) is 9.69. The van der Waals surface area contributed by atoms with Gasteiger partial charge in [0.05, 0.1) is 11.9 Å². The summed E-state index contributed by atoms with van der Waals surface area (Å²) in [4.78, 5) is 32.3. The molecule has 4 bridgehead atoms. The number of carbonyl (C=O) groups is 2. The van der Waals surface area contributed by atoms with E-state index in [0.29, 0.717) is 0 Å². The third kappa shape index (κ3) is 3.33. The number of hydrogen-bond acceptors (Lipinski definition) is 5. The zero-order valence-electron chi connectivity index (χ0n) is 15.5. The Bertz CT molecular complexity index is 665. The van der Waals surface area contributed by atoms with Crippen molar-refractivity contribution < 1.29 is 14.3 Å². The van der Waals surface area contributed by atoms with Crippen LogP contribution in [0.2, 0.25) is 0 Å². The van der Waals surface area contributed by atoms with Crippen molar-refractivity contribution in [2.75, 3.05) is 6.61 Å². The van der Waals surface area contributed by atoms with E-state index in [0.717, 1.165) is 23.4 Å². The van der Waals surface area contributed by atoms with Crippen LogP contribution >= 0.6 is 0 Å². The van der Waals surface area contributed by atoms with Crippen LogP contribution in [0.5, 0.6) is 0 Å². The van der Waals surface area contributed by atoms with Crippen LogP contribution in [0.3, 0.4) is 0 Å². The highest BCUT2D eigenvalue weighted by Crippen LogP contribution is 2.61. The largest absolute Gasteiger partial charge is 0.451 e. The summed E-state index contributed by atoms with van der Waals surface area (Å²) < 4.78 is 5.10. The minimum absolute atomic E-state index is 0.123. The second kappa shape index (κ2) is 6.63. The monoisotopic (exact) mass is 357 g/mol. The van der Waals surface area contributed by atoms with Gasteiger partial charge < -0.3 is 10.1 Å². The van der Waals surface area contributed by atoms with Crippen molar-refractivity contribution in [3.63, 3.8) is 0 Å². The third-order valence-electron chi connectivity index (χ3n) is 6.71. The summed E-state index contributed by atoms with van der Waals surface area (Å²) in [6.45, 7) is 3.64. The fourth-order valence-corrected chi connectivity index (χ4v) is 5.85. The summed E-state index contributed by atoms with van der Waals surface area (Å²) in [6, 6.07) is 0.126. The van der Waals surface area contributed by atoms with Crippen molar-refractivity contribution in [2.24, 2.45) is 23.2 Å². The molecule has 1 aromatic heterocycles. The van der Waals surface area contributed by atoms with Gasteiger partial charge in [-0.15, -0.1) is 0 Å². The summed E-state index contributed by atoms with van der Waals surface area (Å²) in [5.74, 6) is 1.69. The summed E-state index contributed by atoms with van der Waals surface area (Å²) in [7, 11) is 0. The number of hydrogen-bond donors (Lipinski definition) is 1. The number of ether oxygens (including phenoxy) is 1. The first-order chi connectivity index (χ1) is 12.4. The number of carbonyl (C=O) groups excluding carboxylic acids is 2.